The van der Waals surface area contributed by atoms with E-state index in [9.17, 15) is 13.7 Å². The third kappa shape index (κ3) is 13.5. The van der Waals surface area contributed by atoms with E-state index in [0.717, 1.165) is 82.5 Å². The summed E-state index contributed by atoms with van der Waals surface area (Å²) in [5.74, 6) is -1.87. The van der Waals surface area contributed by atoms with Gasteiger partial charge in [-0.15, -0.1) is 11.3 Å². The fourth-order valence-electron chi connectivity index (χ4n) is 10.1. The van der Waals surface area contributed by atoms with E-state index < -0.39 is 33.4 Å². The largest absolute Gasteiger partial charge is 0.332 e. The highest BCUT2D eigenvalue weighted by atomic mass is 32.2. The number of allylic oxidation sites excluding steroid dienone is 5. The van der Waals surface area contributed by atoms with Gasteiger partial charge in [-0.3, -0.25) is 4.55 Å². The van der Waals surface area contributed by atoms with Crippen molar-refractivity contribution in [1.82, 2.24) is 0 Å². The van der Waals surface area contributed by atoms with Crippen molar-refractivity contribution in [2.24, 2.45) is 0 Å². The molecule has 82 heavy (non-hydrogen) atoms. The van der Waals surface area contributed by atoms with Gasteiger partial charge < -0.3 is 9.80 Å². The standard InChI is InChI=1S/C68H60F4N4O3S3/c1-6-48-22-26-50(27-23-48)43-74(65-58(69)17-11-18-59(65)70)54-34-30-52(31-35-54)63(67-64(56-16-9-7-14-46(56)4)57(42-73)68(81-67)76(45(2)3)62-21-10-8-15-47(62)5)53-32-36-55(37-33-53)75(66-60(71)19-12-20-61(66)72)44-51-28-24-49(25-29-51)38-40-80-39-13-41-82(77,78)79/h6-12,14-37,45H,1,13,38-41,43-44H2,2-5H3/p+1. The van der Waals surface area contributed by atoms with Gasteiger partial charge in [-0.25, -0.2) is 8.78 Å². The zero-order valence-corrected chi connectivity index (χ0v) is 48.4. The van der Waals surface area contributed by atoms with Crippen molar-refractivity contribution in [2.45, 2.75) is 59.7 Å². The summed E-state index contributed by atoms with van der Waals surface area (Å²) in [6.07, 6.45) is 10.3. The number of rotatable bonds is 21. The Morgan fingerprint density at radius 3 is 1.93 bits per heavy atom. The van der Waals surface area contributed by atoms with Crippen LogP contribution in [0.25, 0.3) is 22.8 Å². The number of nitrogens with zero attached hydrogens (tertiary/aromatic N) is 4. The Morgan fingerprint density at radius 2 is 1.33 bits per heavy atom. The van der Waals surface area contributed by atoms with Crippen LogP contribution < -0.4 is 9.80 Å². The quantitative estimate of drug-likeness (QED) is 0.0332. The molecule has 0 bridgehead atoms. The molecule has 416 valence electrons. The maximum absolute atomic E-state index is 16.1. The van der Waals surface area contributed by atoms with Gasteiger partial charge in [0.05, 0.1) is 11.3 Å². The third-order valence-corrected chi connectivity index (χ3v) is 17.3. The molecule has 14 heteroatoms. The molecule has 1 aromatic heterocycles. The maximum Gasteiger partial charge on any atom is 0.278 e. The van der Waals surface area contributed by atoms with Crippen LogP contribution in [0.15, 0.2) is 194 Å². The van der Waals surface area contributed by atoms with Crippen molar-refractivity contribution in [3.8, 4) is 17.2 Å². The molecule has 1 N–H and O–H groups in total. The fraction of sp³-hybridized carbons (Fsp3) is 0.176. The van der Waals surface area contributed by atoms with Crippen LogP contribution in [0.1, 0.15) is 69.7 Å². The van der Waals surface area contributed by atoms with Gasteiger partial charge in [0.2, 0.25) is 5.71 Å². The highest BCUT2D eigenvalue weighted by molar-refractivity contribution is 7.99. The zero-order valence-electron chi connectivity index (χ0n) is 45.9. The molecule has 1 aliphatic carbocycles. The van der Waals surface area contributed by atoms with E-state index in [1.807, 2.05) is 140 Å². The number of aryl methyl sites for hydroxylation is 3. The second kappa shape index (κ2) is 26.2. The molecule has 0 unspecified atom stereocenters. The highest BCUT2D eigenvalue weighted by Crippen LogP contribution is 2.51. The predicted octanol–water partition coefficient (Wildman–Crippen LogP) is 17.5. The predicted molar refractivity (Wildman–Crippen MR) is 331 cm³/mol. The van der Waals surface area contributed by atoms with E-state index in [4.69, 9.17) is 4.55 Å². The number of hydrogen-bond donors (Lipinski definition) is 1. The lowest BCUT2D eigenvalue weighted by molar-refractivity contribution is -0.460. The Bertz CT molecular complexity index is 3880. The van der Waals surface area contributed by atoms with Crippen LogP contribution >= 0.6 is 23.1 Å². The van der Waals surface area contributed by atoms with Gasteiger partial charge in [0.1, 0.15) is 28.4 Å². The average Bonchev–Trinajstić information content (AvgIpc) is 4.06. The molecule has 1 aliphatic rings. The number of para-hydroxylation sites is 3. The SMILES string of the molecule is C=Cc1ccc(CN(c2ccc(C(=C3C=CC(=[N+](Cc4ccc(CCSCCCS(=O)(=O)O)cc4)c4c(F)cccc4F)C=C3)c3sc(N(c4ccccc4C)C(C)C)c(C#N)c3-c3ccccc3C)cc2)c2c(F)cccc2F)cc1. The van der Waals surface area contributed by atoms with E-state index >= 15 is 17.6 Å². The molecule has 0 saturated heterocycles. The molecule has 7 aromatic carbocycles. The Balaban J connectivity index is 1.21. The van der Waals surface area contributed by atoms with Crippen molar-refractivity contribution in [2.75, 3.05) is 27.1 Å². The number of hydrogen-bond acceptors (Lipinski definition) is 7. The van der Waals surface area contributed by atoms with E-state index in [0.29, 0.717) is 35.6 Å². The van der Waals surface area contributed by atoms with E-state index in [2.05, 4.69) is 50.5 Å². The first-order chi connectivity index (χ1) is 39.5. The molecule has 0 aliphatic heterocycles. The summed E-state index contributed by atoms with van der Waals surface area (Å²) < 4.78 is 96.9. The monoisotopic (exact) mass is 1150 g/mol. The van der Waals surface area contributed by atoms with Crippen LogP contribution in [0.4, 0.5) is 45.3 Å². The first kappa shape index (κ1) is 58.6. The topological polar surface area (TPSA) is 87.7 Å². The normalized spacial score (nSPS) is 12.2. The highest BCUT2D eigenvalue weighted by Gasteiger charge is 2.32. The molecule has 0 radical (unpaired) electrons. The lowest BCUT2D eigenvalue weighted by Gasteiger charge is -2.29. The number of benzene rings is 7. The first-order valence-electron chi connectivity index (χ1n) is 26.8. The molecular formula is C68H61F4N4O3S3+. The van der Waals surface area contributed by atoms with Gasteiger partial charge >= 0.3 is 0 Å². The van der Waals surface area contributed by atoms with E-state index in [1.165, 1.54) is 47.7 Å². The Morgan fingerprint density at radius 1 is 0.732 bits per heavy atom. The molecule has 0 atom stereocenters. The average molecular weight is 1150 g/mol. The molecule has 0 amide bonds. The fourth-order valence-corrected chi connectivity index (χ4v) is 13.3. The molecule has 1 heterocycles. The molecule has 0 fully saturated rings. The molecule has 8 aromatic rings. The van der Waals surface area contributed by atoms with Crippen LogP contribution in [0.2, 0.25) is 0 Å². The van der Waals surface area contributed by atoms with Gasteiger partial charge in [-0.2, -0.15) is 38.8 Å². The summed E-state index contributed by atoms with van der Waals surface area (Å²) in [4.78, 5) is 4.61. The second-order valence-electron chi connectivity index (χ2n) is 20.2. The van der Waals surface area contributed by atoms with Crippen molar-refractivity contribution in [3.05, 3.63) is 267 Å². The van der Waals surface area contributed by atoms with Crippen LogP contribution in [0, 0.1) is 48.4 Å². The van der Waals surface area contributed by atoms with Crippen LogP contribution in [0.3, 0.4) is 0 Å². The third-order valence-electron chi connectivity index (χ3n) is 14.2. The van der Waals surface area contributed by atoms with Gasteiger partial charge in [0, 0.05) is 57.7 Å². The Kier molecular flexibility index (Phi) is 18.7. The number of nitriles is 1. The smallest absolute Gasteiger partial charge is 0.278 e. The molecule has 0 saturated carbocycles. The van der Waals surface area contributed by atoms with Crippen LogP contribution in [0.5, 0.6) is 0 Å². The molecule has 7 nitrogen and oxygen atoms in total. The Labute approximate surface area is 486 Å². The molecule has 9 rings (SSSR count). The lowest BCUT2D eigenvalue weighted by Crippen LogP contribution is -2.26. The lowest BCUT2D eigenvalue weighted by atomic mass is 9.89. The zero-order chi connectivity index (χ0) is 58.1. The van der Waals surface area contributed by atoms with Gasteiger partial charge in [0.25, 0.3) is 15.8 Å². The van der Waals surface area contributed by atoms with Crippen molar-refractivity contribution >= 4 is 78.3 Å². The van der Waals surface area contributed by atoms with Crippen molar-refractivity contribution in [3.63, 3.8) is 0 Å². The summed E-state index contributed by atoms with van der Waals surface area (Å²) in [6.45, 7) is 12.4. The first-order valence-corrected chi connectivity index (χ1v) is 30.4. The molecular weight excluding hydrogens is 1090 g/mol. The number of thioether (sulfide) groups is 1. The van der Waals surface area contributed by atoms with Crippen molar-refractivity contribution in [1.29, 1.82) is 5.26 Å². The summed E-state index contributed by atoms with van der Waals surface area (Å²) in [5, 5.41) is 12.2. The number of halogens is 4. The van der Waals surface area contributed by atoms with Gasteiger partial charge in [0.15, 0.2) is 18.2 Å². The summed E-state index contributed by atoms with van der Waals surface area (Å²) in [7, 11) is -4.00. The minimum absolute atomic E-state index is 0.0816. The Hall–Kier alpha value is -8.06. The molecule has 0 spiro atoms. The summed E-state index contributed by atoms with van der Waals surface area (Å²) in [5.41, 5.74) is 11.4. The van der Waals surface area contributed by atoms with Gasteiger partial charge in [-0.05, 0) is 151 Å². The van der Waals surface area contributed by atoms with E-state index in [-0.39, 0.29) is 36.3 Å². The minimum atomic E-state index is -4.00. The van der Waals surface area contributed by atoms with Gasteiger partial charge in [-0.1, -0.05) is 128 Å². The second-order valence-corrected chi connectivity index (χ2v) is 24.0. The van der Waals surface area contributed by atoms with Crippen LogP contribution in [-0.4, -0.2) is 46.6 Å². The summed E-state index contributed by atoms with van der Waals surface area (Å²) in [6, 6.07) is 49.2. The maximum atomic E-state index is 16.1. The summed E-state index contributed by atoms with van der Waals surface area (Å²) >= 11 is 3.09. The van der Waals surface area contributed by atoms with Crippen LogP contribution in [-0.2, 0) is 29.6 Å². The number of anilines is 4. The van der Waals surface area contributed by atoms with Crippen molar-refractivity contribution < 1.29 is 35.1 Å². The van der Waals surface area contributed by atoms with E-state index in [1.54, 1.807) is 27.3 Å². The minimum Gasteiger partial charge on any atom is -0.332 e. The number of thiophene rings is 1.